The Morgan fingerprint density at radius 1 is 1.27 bits per heavy atom. The molecule has 1 heterocycles. The van der Waals surface area contributed by atoms with Crippen molar-refractivity contribution >= 4 is 12.1 Å². The summed E-state index contributed by atoms with van der Waals surface area (Å²) in [5.41, 5.74) is 4.10. The summed E-state index contributed by atoms with van der Waals surface area (Å²) in [6, 6.07) is 8.99. The first kappa shape index (κ1) is 15.5. The van der Waals surface area contributed by atoms with Crippen molar-refractivity contribution in [2.75, 3.05) is 14.2 Å². The maximum atomic E-state index is 11.7. The van der Waals surface area contributed by atoms with Crippen molar-refractivity contribution in [3.63, 3.8) is 0 Å². The SMILES string of the molecule is COc1ccc(/C=N/NC(=O)Cc2cccnc2)cc1OC. The molecule has 0 aliphatic carbocycles. The summed E-state index contributed by atoms with van der Waals surface area (Å²) in [6.45, 7) is 0. The van der Waals surface area contributed by atoms with Gasteiger partial charge in [-0.15, -0.1) is 0 Å². The van der Waals surface area contributed by atoms with Crippen molar-refractivity contribution in [1.29, 1.82) is 0 Å². The Balaban J connectivity index is 1.93. The maximum Gasteiger partial charge on any atom is 0.244 e. The zero-order chi connectivity index (χ0) is 15.8. The molecule has 1 aromatic heterocycles. The first-order valence-electron chi connectivity index (χ1n) is 6.65. The molecule has 0 aliphatic rings. The van der Waals surface area contributed by atoms with Crippen LogP contribution < -0.4 is 14.9 Å². The van der Waals surface area contributed by atoms with Crippen LogP contribution in [0.5, 0.6) is 11.5 Å². The minimum Gasteiger partial charge on any atom is -0.493 e. The largest absolute Gasteiger partial charge is 0.493 e. The second-order valence-electron chi connectivity index (χ2n) is 4.45. The van der Waals surface area contributed by atoms with E-state index < -0.39 is 0 Å². The smallest absolute Gasteiger partial charge is 0.244 e. The number of aromatic nitrogens is 1. The number of carbonyl (C=O) groups excluding carboxylic acids is 1. The van der Waals surface area contributed by atoms with Crippen molar-refractivity contribution in [1.82, 2.24) is 10.4 Å². The first-order valence-corrected chi connectivity index (χ1v) is 6.65. The van der Waals surface area contributed by atoms with Crippen LogP contribution in [0.25, 0.3) is 0 Å². The fraction of sp³-hybridized carbons (Fsp3) is 0.188. The molecule has 0 fully saturated rings. The number of carbonyl (C=O) groups is 1. The second-order valence-corrected chi connectivity index (χ2v) is 4.45. The van der Waals surface area contributed by atoms with Crippen LogP contribution in [0.15, 0.2) is 47.8 Å². The summed E-state index contributed by atoms with van der Waals surface area (Å²) in [7, 11) is 3.14. The van der Waals surface area contributed by atoms with Gasteiger partial charge in [0.15, 0.2) is 11.5 Å². The van der Waals surface area contributed by atoms with Gasteiger partial charge in [-0.1, -0.05) is 6.07 Å². The third-order valence-electron chi connectivity index (χ3n) is 2.90. The molecule has 22 heavy (non-hydrogen) atoms. The number of ether oxygens (including phenoxy) is 2. The summed E-state index contributed by atoms with van der Waals surface area (Å²) >= 11 is 0. The number of rotatable bonds is 6. The highest BCUT2D eigenvalue weighted by atomic mass is 16.5. The molecule has 6 heteroatoms. The minimum absolute atomic E-state index is 0.204. The Hall–Kier alpha value is -2.89. The number of amides is 1. The number of benzene rings is 1. The number of nitrogens with zero attached hydrogens (tertiary/aromatic N) is 2. The molecule has 1 amide bonds. The predicted octanol–water partition coefficient (Wildman–Crippen LogP) is 1.79. The minimum atomic E-state index is -0.204. The molecule has 0 unspecified atom stereocenters. The standard InChI is InChI=1S/C16H17N3O3/c1-21-14-6-5-13(8-15(14)22-2)11-18-19-16(20)9-12-4-3-7-17-10-12/h3-8,10-11H,9H2,1-2H3,(H,19,20)/b18-11+. The molecule has 6 nitrogen and oxygen atoms in total. The predicted molar refractivity (Wildman–Crippen MR) is 83.2 cm³/mol. The average Bonchev–Trinajstić information content (AvgIpc) is 2.55. The highest BCUT2D eigenvalue weighted by molar-refractivity contribution is 5.84. The second kappa shape index (κ2) is 7.78. The average molecular weight is 299 g/mol. The normalized spacial score (nSPS) is 10.5. The van der Waals surface area contributed by atoms with Gasteiger partial charge in [-0.3, -0.25) is 9.78 Å². The lowest BCUT2D eigenvalue weighted by atomic mass is 10.2. The van der Waals surface area contributed by atoms with Crippen molar-refractivity contribution in [2.24, 2.45) is 5.10 Å². The molecular formula is C16H17N3O3. The molecule has 1 N–H and O–H groups in total. The van der Waals surface area contributed by atoms with Gasteiger partial charge in [-0.05, 0) is 35.4 Å². The summed E-state index contributed by atoms with van der Waals surface area (Å²) in [5.74, 6) is 1.04. The van der Waals surface area contributed by atoms with Gasteiger partial charge in [-0.2, -0.15) is 5.10 Å². The van der Waals surface area contributed by atoms with Crippen LogP contribution >= 0.6 is 0 Å². The van der Waals surface area contributed by atoms with Crippen LogP contribution in [0.4, 0.5) is 0 Å². The van der Waals surface area contributed by atoms with Gasteiger partial charge < -0.3 is 9.47 Å². The van der Waals surface area contributed by atoms with E-state index in [2.05, 4.69) is 15.5 Å². The summed E-state index contributed by atoms with van der Waals surface area (Å²) in [4.78, 5) is 15.7. The summed E-state index contributed by atoms with van der Waals surface area (Å²) in [6.07, 6.45) is 5.09. The highest BCUT2D eigenvalue weighted by Gasteiger charge is 2.04. The van der Waals surface area contributed by atoms with Crippen LogP contribution in [-0.2, 0) is 11.2 Å². The zero-order valence-electron chi connectivity index (χ0n) is 12.4. The number of hydrazone groups is 1. The Morgan fingerprint density at radius 2 is 2.09 bits per heavy atom. The summed E-state index contributed by atoms with van der Waals surface area (Å²) in [5, 5.41) is 3.93. The number of pyridine rings is 1. The fourth-order valence-corrected chi connectivity index (χ4v) is 1.84. The van der Waals surface area contributed by atoms with E-state index in [-0.39, 0.29) is 12.3 Å². The summed E-state index contributed by atoms with van der Waals surface area (Å²) < 4.78 is 10.4. The molecule has 0 saturated heterocycles. The van der Waals surface area contributed by atoms with Gasteiger partial charge in [0.25, 0.3) is 0 Å². The van der Waals surface area contributed by atoms with Gasteiger partial charge >= 0.3 is 0 Å². The topological polar surface area (TPSA) is 72.8 Å². The monoisotopic (exact) mass is 299 g/mol. The van der Waals surface area contributed by atoms with Gasteiger partial charge in [0, 0.05) is 12.4 Å². The first-order chi connectivity index (χ1) is 10.7. The Morgan fingerprint density at radius 3 is 2.77 bits per heavy atom. The molecule has 0 bridgehead atoms. The molecule has 2 aromatic rings. The molecule has 2 rings (SSSR count). The number of methoxy groups -OCH3 is 2. The van der Waals surface area contributed by atoms with Crippen LogP contribution in [0.3, 0.4) is 0 Å². The van der Waals surface area contributed by atoms with Gasteiger partial charge in [-0.25, -0.2) is 5.43 Å². The zero-order valence-corrected chi connectivity index (χ0v) is 12.4. The van der Waals surface area contributed by atoms with Crippen molar-refractivity contribution in [3.8, 4) is 11.5 Å². The maximum absolute atomic E-state index is 11.7. The lowest BCUT2D eigenvalue weighted by molar-refractivity contribution is -0.120. The molecule has 0 saturated carbocycles. The molecule has 0 spiro atoms. The quantitative estimate of drug-likeness (QED) is 0.652. The third kappa shape index (κ3) is 4.31. The molecule has 0 aliphatic heterocycles. The van der Waals surface area contributed by atoms with Gasteiger partial charge in [0.1, 0.15) is 0 Å². The van der Waals surface area contributed by atoms with Crippen LogP contribution in [0, 0.1) is 0 Å². The molecular weight excluding hydrogens is 282 g/mol. The van der Waals surface area contributed by atoms with E-state index in [1.807, 2.05) is 12.1 Å². The molecule has 0 radical (unpaired) electrons. The van der Waals surface area contributed by atoms with Crippen LogP contribution in [0.2, 0.25) is 0 Å². The van der Waals surface area contributed by atoms with E-state index >= 15 is 0 Å². The Labute approximate surface area is 128 Å². The lowest BCUT2D eigenvalue weighted by Crippen LogP contribution is -2.19. The molecule has 1 aromatic carbocycles. The third-order valence-corrected chi connectivity index (χ3v) is 2.90. The van der Waals surface area contributed by atoms with E-state index in [1.165, 1.54) is 0 Å². The fourth-order valence-electron chi connectivity index (χ4n) is 1.84. The Bertz CT molecular complexity index is 657. The van der Waals surface area contributed by atoms with E-state index in [4.69, 9.17) is 9.47 Å². The van der Waals surface area contributed by atoms with E-state index in [1.54, 1.807) is 51.0 Å². The van der Waals surface area contributed by atoms with Crippen LogP contribution in [0.1, 0.15) is 11.1 Å². The van der Waals surface area contributed by atoms with E-state index in [0.29, 0.717) is 11.5 Å². The van der Waals surface area contributed by atoms with Crippen LogP contribution in [-0.4, -0.2) is 31.3 Å². The van der Waals surface area contributed by atoms with Crippen molar-refractivity contribution in [2.45, 2.75) is 6.42 Å². The van der Waals surface area contributed by atoms with Gasteiger partial charge in [0.05, 0.1) is 26.9 Å². The van der Waals surface area contributed by atoms with Crippen molar-refractivity contribution in [3.05, 3.63) is 53.9 Å². The lowest BCUT2D eigenvalue weighted by Gasteiger charge is -2.07. The van der Waals surface area contributed by atoms with E-state index in [9.17, 15) is 4.79 Å². The Kier molecular flexibility index (Phi) is 5.48. The number of hydrogen-bond acceptors (Lipinski definition) is 5. The van der Waals surface area contributed by atoms with E-state index in [0.717, 1.165) is 11.1 Å². The molecule has 114 valence electrons. The van der Waals surface area contributed by atoms with Crippen molar-refractivity contribution < 1.29 is 14.3 Å². The van der Waals surface area contributed by atoms with Gasteiger partial charge in [0.2, 0.25) is 5.91 Å². The number of nitrogens with one attached hydrogen (secondary N) is 1. The highest BCUT2D eigenvalue weighted by Crippen LogP contribution is 2.26. The number of hydrogen-bond donors (Lipinski definition) is 1. The molecule has 0 atom stereocenters.